The van der Waals surface area contributed by atoms with E-state index in [1.54, 1.807) is 24.3 Å². The van der Waals surface area contributed by atoms with Crippen molar-refractivity contribution >= 4 is 16.6 Å². The van der Waals surface area contributed by atoms with Gasteiger partial charge in [0.15, 0.2) is 17.4 Å². The molecule has 1 atom stereocenters. The molecule has 0 fully saturated rings. The van der Waals surface area contributed by atoms with E-state index in [9.17, 15) is 17.8 Å². The maximum Gasteiger partial charge on any atom is 0.175 e. The first-order chi connectivity index (χ1) is 9.47. The molecule has 1 unspecified atom stereocenters. The fourth-order valence-electron chi connectivity index (χ4n) is 1.64. The topological polar surface area (TPSA) is 34.1 Å². The predicted molar refractivity (Wildman–Crippen MR) is 73.1 cm³/mol. The first-order valence-electron chi connectivity index (χ1n) is 5.90. The Morgan fingerprint density at radius 3 is 2.30 bits per heavy atom. The van der Waals surface area contributed by atoms with Gasteiger partial charge < -0.3 is 0 Å². The molecular formula is C15H12F2O2S. The quantitative estimate of drug-likeness (QED) is 0.811. The Morgan fingerprint density at radius 1 is 1.05 bits per heavy atom. The third-order valence-corrected chi connectivity index (χ3v) is 4.09. The molecule has 2 aromatic rings. The van der Waals surface area contributed by atoms with E-state index >= 15 is 0 Å². The highest BCUT2D eigenvalue weighted by Gasteiger charge is 2.14. The molecule has 0 aliphatic heterocycles. The summed E-state index contributed by atoms with van der Waals surface area (Å²) in [7, 11) is -1.69. The number of rotatable bonds is 4. The highest BCUT2D eigenvalue weighted by Crippen LogP contribution is 2.14. The minimum atomic E-state index is -1.69. The molecule has 104 valence electrons. The number of carbonyl (C=O) groups is 1. The Kier molecular flexibility index (Phi) is 4.39. The first-order valence-corrected chi connectivity index (χ1v) is 7.22. The minimum absolute atomic E-state index is 0.101. The van der Waals surface area contributed by atoms with Gasteiger partial charge >= 0.3 is 0 Å². The SMILES string of the molecule is Cc1ccc(C(=O)CS(=O)c2ccc(F)c(F)c2)cc1. The van der Waals surface area contributed by atoms with Gasteiger partial charge in [0.25, 0.3) is 0 Å². The fraction of sp³-hybridized carbons (Fsp3) is 0.133. The number of carbonyl (C=O) groups excluding carboxylic acids is 1. The van der Waals surface area contributed by atoms with E-state index in [-0.39, 0.29) is 16.4 Å². The minimum Gasteiger partial charge on any atom is -0.293 e. The summed E-state index contributed by atoms with van der Waals surface area (Å²) in [5.74, 6) is -2.63. The van der Waals surface area contributed by atoms with E-state index in [1.807, 2.05) is 6.92 Å². The monoisotopic (exact) mass is 294 g/mol. The van der Waals surface area contributed by atoms with Crippen LogP contribution in [0.4, 0.5) is 8.78 Å². The average Bonchev–Trinajstić information content (AvgIpc) is 2.42. The van der Waals surface area contributed by atoms with Crippen LogP contribution in [0, 0.1) is 18.6 Å². The van der Waals surface area contributed by atoms with Crippen molar-refractivity contribution in [3.8, 4) is 0 Å². The van der Waals surface area contributed by atoms with Crippen molar-refractivity contribution in [2.24, 2.45) is 0 Å². The third-order valence-electron chi connectivity index (χ3n) is 2.79. The van der Waals surface area contributed by atoms with E-state index in [1.165, 1.54) is 6.07 Å². The zero-order valence-corrected chi connectivity index (χ0v) is 11.5. The molecule has 2 nitrogen and oxygen atoms in total. The molecule has 20 heavy (non-hydrogen) atoms. The number of halogens is 2. The summed E-state index contributed by atoms with van der Waals surface area (Å²) in [5, 5.41) is 0. The van der Waals surface area contributed by atoms with Crippen LogP contribution in [0.2, 0.25) is 0 Å². The normalized spacial score (nSPS) is 12.2. The number of Topliss-reactive ketones (excluding diaryl/α,β-unsaturated/α-hetero) is 1. The summed E-state index contributed by atoms with van der Waals surface area (Å²) < 4.78 is 37.8. The number of hydrogen-bond donors (Lipinski definition) is 0. The van der Waals surface area contributed by atoms with Crippen LogP contribution >= 0.6 is 0 Å². The lowest BCUT2D eigenvalue weighted by Crippen LogP contribution is -2.11. The molecule has 0 saturated carbocycles. The molecule has 0 amide bonds. The van der Waals surface area contributed by atoms with Gasteiger partial charge in [0.1, 0.15) is 0 Å². The van der Waals surface area contributed by atoms with E-state index in [0.29, 0.717) is 5.56 Å². The second-order valence-electron chi connectivity index (χ2n) is 4.35. The lowest BCUT2D eigenvalue weighted by atomic mass is 10.1. The zero-order valence-electron chi connectivity index (χ0n) is 10.7. The molecule has 0 N–H and O–H groups in total. The van der Waals surface area contributed by atoms with Crippen molar-refractivity contribution in [3.05, 3.63) is 65.2 Å². The Hall–Kier alpha value is -1.88. The summed E-state index contributed by atoms with van der Waals surface area (Å²) in [6, 6.07) is 9.85. The van der Waals surface area contributed by atoms with Crippen molar-refractivity contribution in [3.63, 3.8) is 0 Å². The van der Waals surface area contributed by atoms with Gasteiger partial charge in [-0.05, 0) is 25.1 Å². The highest BCUT2D eigenvalue weighted by molar-refractivity contribution is 7.85. The van der Waals surface area contributed by atoms with Gasteiger partial charge in [-0.3, -0.25) is 9.00 Å². The van der Waals surface area contributed by atoms with Crippen LogP contribution in [0.3, 0.4) is 0 Å². The van der Waals surface area contributed by atoms with E-state index in [0.717, 1.165) is 17.7 Å². The van der Waals surface area contributed by atoms with Crippen LogP contribution in [0.1, 0.15) is 15.9 Å². The largest absolute Gasteiger partial charge is 0.293 e. The zero-order chi connectivity index (χ0) is 14.7. The van der Waals surface area contributed by atoms with E-state index < -0.39 is 22.4 Å². The lowest BCUT2D eigenvalue weighted by Gasteiger charge is -2.03. The Labute approximate surface area is 117 Å². The van der Waals surface area contributed by atoms with E-state index in [2.05, 4.69) is 0 Å². The Morgan fingerprint density at radius 2 is 1.70 bits per heavy atom. The smallest absolute Gasteiger partial charge is 0.175 e. The summed E-state index contributed by atoms with van der Waals surface area (Å²) in [6.07, 6.45) is 0. The van der Waals surface area contributed by atoms with Crippen molar-refractivity contribution in [2.75, 3.05) is 5.75 Å². The summed E-state index contributed by atoms with van der Waals surface area (Å²) in [6.45, 7) is 1.90. The van der Waals surface area contributed by atoms with Crippen molar-refractivity contribution in [2.45, 2.75) is 11.8 Å². The maximum absolute atomic E-state index is 13.0. The van der Waals surface area contributed by atoms with Gasteiger partial charge in [0, 0.05) is 10.5 Å². The van der Waals surface area contributed by atoms with Crippen molar-refractivity contribution in [1.29, 1.82) is 0 Å². The van der Waals surface area contributed by atoms with Gasteiger partial charge in [-0.15, -0.1) is 0 Å². The third kappa shape index (κ3) is 3.36. The summed E-state index contributed by atoms with van der Waals surface area (Å²) in [4.78, 5) is 12.0. The molecule has 0 heterocycles. The molecule has 0 saturated heterocycles. The van der Waals surface area contributed by atoms with Gasteiger partial charge in [0.2, 0.25) is 0 Å². The summed E-state index contributed by atoms with van der Waals surface area (Å²) >= 11 is 0. The second kappa shape index (κ2) is 6.05. The van der Waals surface area contributed by atoms with Crippen LogP contribution in [0.25, 0.3) is 0 Å². The van der Waals surface area contributed by atoms with Gasteiger partial charge in [0.05, 0.1) is 16.6 Å². The molecule has 0 bridgehead atoms. The number of benzene rings is 2. The molecule has 0 spiro atoms. The van der Waals surface area contributed by atoms with Crippen LogP contribution < -0.4 is 0 Å². The molecule has 2 aromatic carbocycles. The molecule has 0 radical (unpaired) electrons. The van der Waals surface area contributed by atoms with Crippen LogP contribution in [0.5, 0.6) is 0 Å². The Balaban J connectivity index is 2.13. The number of aryl methyl sites for hydroxylation is 1. The van der Waals surface area contributed by atoms with Gasteiger partial charge in [-0.1, -0.05) is 29.8 Å². The van der Waals surface area contributed by atoms with Crippen molar-refractivity contribution in [1.82, 2.24) is 0 Å². The fourth-order valence-corrected chi connectivity index (χ4v) is 2.67. The molecule has 2 rings (SSSR count). The van der Waals surface area contributed by atoms with E-state index in [4.69, 9.17) is 0 Å². The molecule has 0 aromatic heterocycles. The van der Waals surface area contributed by atoms with Crippen molar-refractivity contribution < 1.29 is 17.8 Å². The first kappa shape index (κ1) is 14.5. The van der Waals surface area contributed by atoms with Gasteiger partial charge in [-0.2, -0.15) is 0 Å². The van der Waals surface area contributed by atoms with Crippen LogP contribution in [0.15, 0.2) is 47.4 Å². The van der Waals surface area contributed by atoms with Gasteiger partial charge in [-0.25, -0.2) is 8.78 Å². The maximum atomic E-state index is 13.0. The molecule has 0 aliphatic rings. The standard InChI is InChI=1S/C15H12F2O2S/c1-10-2-4-11(5-3-10)15(18)9-20(19)12-6-7-13(16)14(17)8-12/h2-8H,9H2,1H3. The number of ketones is 1. The van der Waals surface area contributed by atoms with Crippen LogP contribution in [-0.4, -0.2) is 15.7 Å². The average molecular weight is 294 g/mol. The van der Waals surface area contributed by atoms with Crippen LogP contribution in [-0.2, 0) is 10.8 Å². The summed E-state index contributed by atoms with van der Waals surface area (Å²) in [5.41, 5.74) is 1.47. The molecule has 5 heteroatoms. The highest BCUT2D eigenvalue weighted by atomic mass is 32.2. The predicted octanol–water partition coefficient (Wildman–Crippen LogP) is 3.26. The molecule has 0 aliphatic carbocycles. The Bertz CT molecular complexity index is 666. The lowest BCUT2D eigenvalue weighted by molar-refractivity contribution is 0.102. The number of hydrogen-bond acceptors (Lipinski definition) is 2. The molecular weight excluding hydrogens is 282 g/mol. The second-order valence-corrected chi connectivity index (χ2v) is 5.81.